The molecule has 2 fully saturated rings. The number of methoxy groups -OCH3 is 2. The lowest BCUT2D eigenvalue weighted by atomic mass is 9.86. The van der Waals surface area contributed by atoms with Gasteiger partial charge in [-0.25, -0.2) is 19.6 Å². The highest BCUT2D eigenvalue weighted by Gasteiger charge is 2.43. The van der Waals surface area contributed by atoms with Crippen molar-refractivity contribution in [3.8, 4) is 33.6 Å². The molecule has 0 spiro atoms. The number of aromatic nitrogens is 4. The smallest absolute Gasteiger partial charge is 0.407 e. The Bertz CT molecular complexity index is 2080. The summed E-state index contributed by atoms with van der Waals surface area (Å²) in [5, 5.41) is 5.44. The van der Waals surface area contributed by atoms with Crippen LogP contribution in [0.4, 0.5) is 9.59 Å². The summed E-state index contributed by atoms with van der Waals surface area (Å²) >= 11 is 0. The maximum atomic E-state index is 13.7. The van der Waals surface area contributed by atoms with Crippen LogP contribution in [0.3, 0.4) is 0 Å². The zero-order chi connectivity index (χ0) is 42.3. The summed E-state index contributed by atoms with van der Waals surface area (Å²) in [7, 11) is 6.78. The van der Waals surface area contributed by atoms with Gasteiger partial charge in [0.1, 0.15) is 23.7 Å². The van der Waals surface area contributed by atoms with Crippen molar-refractivity contribution >= 4 is 24.0 Å². The van der Waals surface area contributed by atoms with Crippen LogP contribution < -0.4 is 10.6 Å². The van der Waals surface area contributed by atoms with Crippen LogP contribution >= 0.6 is 0 Å². The fourth-order valence-corrected chi connectivity index (χ4v) is 9.02. The fourth-order valence-electron chi connectivity index (χ4n) is 9.02. The molecule has 0 saturated carbocycles. The number of benzene rings is 2. The largest absolute Gasteiger partial charge is 0.453 e. The molecule has 1 aliphatic carbocycles. The Morgan fingerprint density at radius 3 is 1.49 bits per heavy atom. The zero-order valence-electron chi connectivity index (χ0n) is 35.5. The van der Waals surface area contributed by atoms with E-state index in [0.717, 1.165) is 71.0 Å². The van der Waals surface area contributed by atoms with Crippen molar-refractivity contribution in [1.82, 2.24) is 45.3 Å². The molecule has 2 saturated heterocycles. The fraction of sp³-hybridized carbons (Fsp3) is 0.500. The number of hydrogen-bond acceptors (Lipinski definition) is 9. The number of amides is 4. The molecular weight excluding hydrogens is 751 g/mol. The van der Waals surface area contributed by atoms with Gasteiger partial charge in [0, 0.05) is 13.1 Å². The topological polar surface area (TPSA) is 178 Å². The molecule has 2 aromatic carbocycles. The molecule has 4 amide bonds. The number of H-pyrrole nitrogens is 2. The minimum atomic E-state index is -0.704. The monoisotopic (exact) mass is 807 g/mol. The Morgan fingerprint density at radius 2 is 1.14 bits per heavy atom. The van der Waals surface area contributed by atoms with E-state index in [0.29, 0.717) is 13.1 Å². The van der Waals surface area contributed by atoms with E-state index in [-0.39, 0.29) is 35.7 Å². The first-order chi connectivity index (χ1) is 28.2. The van der Waals surface area contributed by atoms with Gasteiger partial charge in [0.2, 0.25) is 11.8 Å². The first kappa shape index (κ1) is 41.5. The Balaban J connectivity index is 1.13. The van der Waals surface area contributed by atoms with E-state index < -0.39 is 29.8 Å². The number of ether oxygens (including phenoxy) is 2. The number of imidazole rings is 2. The van der Waals surface area contributed by atoms with E-state index in [1.54, 1.807) is 0 Å². The quantitative estimate of drug-likeness (QED) is 0.134. The highest BCUT2D eigenvalue weighted by Crippen LogP contribution is 2.52. The third kappa shape index (κ3) is 7.56. The van der Waals surface area contributed by atoms with Crippen LogP contribution in [0, 0.1) is 11.8 Å². The number of hydrogen-bond donors (Lipinski definition) is 4. The summed E-state index contributed by atoms with van der Waals surface area (Å²) in [6.45, 7) is 11.0. The number of alkyl carbamates (subject to hydrolysis) is 2. The van der Waals surface area contributed by atoms with E-state index in [9.17, 15) is 19.2 Å². The van der Waals surface area contributed by atoms with Gasteiger partial charge >= 0.3 is 12.2 Å². The van der Waals surface area contributed by atoms with Crippen LogP contribution in [0.15, 0.2) is 48.8 Å². The number of carbonyl (C=O) groups is 4. The first-order valence-corrected chi connectivity index (χ1v) is 20.5. The van der Waals surface area contributed by atoms with Crippen molar-refractivity contribution in [3.63, 3.8) is 0 Å². The summed E-state index contributed by atoms with van der Waals surface area (Å²) in [4.78, 5) is 74.2. The minimum absolute atomic E-state index is 0.119. The van der Waals surface area contributed by atoms with E-state index in [2.05, 4.69) is 82.9 Å². The summed E-state index contributed by atoms with van der Waals surface area (Å²) in [6, 6.07) is 11.2. The summed E-state index contributed by atoms with van der Waals surface area (Å²) in [5.41, 5.74) is 7.87. The lowest BCUT2D eigenvalue weighted by Gasteiger charge is -2.35. The molecule has 0 radical (unpaired) electrons. The van der Waals surface area contributed by atoms with E-state index in [1.165, 1.54) is 25.3 Å². The molecule has 2 aliphatic heterocycles. The SMILES string of the molecule is COC(=O)N[C@H](C(=O)N1CCCC1c1ncc(-c2ccc3c(c2)C(C)(N(C)C)c2cc(-c4cnc([C@@H]5CCCN5C(=O)[C@@H](NC(=O)OC)C(C)C)[nH]4)ccc2-3)[nH]1)C(C)C. The minimum Gasteiger partial charge on any atom is -0.453 e. The van der Waals surface area contributed by atoms with Gasteiger partial charge in [-0.15, -0.1) is 0 Å². The molecule has 7 rings (SSSR count). The van der Waals surface area contributed by atoms with Crippen LogP contribution in [0.2, 0.25) is 0 Å². The van der Waals surface area contributed by atoms with E-state index in [1.807, 2.05) is 49.9 Å². The van der Waals surface area contributed by atoms with Gasteiger partial charge in [0.15, 0.2) is 0 Å². The van der Waals surface area contributed by atoms with Crippen molar-refractivity contribution in [2.24, 2.45) is 11.8 Å². The van der Waals surface area contributed by atoms with Gasteiger partial charge in [0.25, 0.3) is 0 Å². The molecule has 5 atom stereocenters. The Labute approximate surface area is 345 Å². The predicted molar refractivity (Wildman–Crippen MR) is 223 cm³/mol. The second kappa shape index (κ2) is 16.5. The third-order valence-electron chi connectivity index (χ3n) is 12.6. The number of rotatable bonds is 11. The number of carbonyl (C=O) groups excluding carboxylic acids is 4. The molecule has 2 unspecified atom stereocenters. The van der Waals surface area contributed by atoms with Crippen LogP contribution in [-0.2, 0) is 24.6 Å². The standard InChI is InChI=1S/C44H57N9O6/c1-24(2)36(49-42(56)58-8)40(54)52-18-10-12-34(52)38-45-22-32(47-38)26-14-16-28-29-17-15-27(21-31(29)44(5,51(6)7)30(28)20-26)33-23-46-39(48-33)35-13-11-19-53(35)41(55)37(25(3)4)50-43(57)59-9/h14-17,20-25,34-37H,10-13,18-19H2,1-9H3,(H,45,47)(H,46,48)(H,49,56)(H,50,57)/t34-,35?,36-,37-,44?/m0/s1. The van der Waals surface area contributed by atoms with Gasteiger partial charge in [-0.2, -0.15) is 0 Å². The second-order valence-corrected chi connectivity index (χ2v) is 16.9. The van der Waals surface area contributed by atoms with Crippen molar-refractivity contribution < 1.29 is 28.7 Å². The third-order valence-corrected chi connectivity index (χ3v) is 12.6. The molecule has 314 valence electrons. The lowest BCUT2D eigenvalue weighted by Crippen LogP contribution is -2.51. The highest BCUT2D eigenvalue weighted by molar-refractivity contribution is 5.88. The van der Waals surface area contributed by atoms with Gasteiger partial charge in [-0.3, -0.25) is 14.5 Å². The molecule has 3 aliphatic rings. The average Bonchev–Trinajstić information content (AvgIpc) is 4.08. The van der Waals surface area contributed by atoms with Gasteiger partial charge in [-0.1, -0.05) is 52.0 Å². The summed E-state index contributed by atoms with van der Waals surface area (Å²) < 4.78 is 9.59. The van der Waals surface area contributed by atoms with E-state index >= 15 is 0 Å². The van der Waals surface area contributed by atoms with Crippen molar-refractivity contribution in [2.45, 2.75) is 90.0 Å². The Hall–Kier alpha value is -5.70. The van der Waals surface area contributed by atoms with E-state index in [4.69, 9.17) is 19.4 Å². The highest BCUT2D eigenvalue weighted by atomic mass is 16.5. The number of nitrogens with one attached hydrogen (secondary N) is 4. The lowest BCUT2D eigenvalue weighted by molar-refractivity contribution is -0.136. The Morgan fingerprint density at radius 1 is 0.729 bits per heavy atom. The first-order valence-electron chi connectivity index (χ1n) is 20.5. The number of likely N-dealkylation sites (tertiary alicyclic amines) is 2. The van der Waals surface area contributed by atoms with Gasteiger partial charge in [-0.05, 0) is 104 Å². The molecule has 4 N–H and O–H groups in total. The molecule has 4 aromatic rings. The normalized spacial score (nSPS) is 20.8. The predicted octanol–water partition coefficient (Wildman–Crippen LogP) is 6.36. The number of fused-ring (bicyclic) bond motifs is 3. The molecule has 59 heavy (non-hydrogen) atoms. The van der Waals surface area contributed by atoms with Crippen molar-refractivity contribution in [2.75, 3.05) is 41.4 Å². The maximum Gasteiger partial charge on any atom is 0.407 e. The van der Waals surface area contributed by atoms with Crippen LogP contribution in [0.5, 0.6) is 0 Å². The maximum absolute atomic E-state index is 13.7. The van der Waals surface area contributed by atoms with Crippen LogP contribution in [0.1, 0.15) is 95.2 Å². The van der Waals surface area contributed by atoms with Gasteiger partial charge < -0.3 is 39.9 Å². The zero-order valence-corrected chi connectivity index (χ0v) is 35.5. The van der Waals surface area contributed by atoms with Crippen molar-refractivity contribution in [1.29, 1.82) is 0 Å². The summed E-state index contributed by atoms with van der Waals surface area (Å²) in [5.74, 6) is 0.912. The second-order valence-electron chi connectivity index (χ2n) is 16.9. The molecule has 0 bridgehead atoms. The molecule has 15 nitrogen and oxygen atoms in total. The average molecular weight is 808 g/mol. The summed E-state index contributed by atoms with van der Waals surface area (Å²) in [6.07, 6.45) is 5.63. The Kier molecular flexibility index (Phi) is 11.6. The van der Waals surface area contributed by atoms with Crippen LogP contribution in [0.25, 0.3) is 33.6 Å². The molecule has 15 heteroatoms. The molecule has 4 heterocycles. The molecular formula is C44H57N9O6. The van der Waals surface area contributed by atoms with Gasteiger partial charge in [0.05, 0.1) is 55.6 Å². The number of nitrogens with zero attached hydrogens (tertiary/aromatic N) is 5. The molecule has 2 aromatic heterocycles. The van der Waals surface area contributed by atoms with Crippen molar-refractivity contribution in [3.05, 3.63) is 71.6 Å². The number of aromatic amines is 2. The van der Waals surface area contributed by atoms with Crippen LogP contribution in [-0.4, -0.2) is 112 Å².